The van der Waals surface area contributed by atoms with Crippen molar-refractivity contribution < 1.29 is 4.74 Å². The van der Waals surface area contributed by atoms with Crippen LogP contribution in [0.3, 0.4) is 0 Å². The van der Waals surface area contributed by atoms with Crippen molar-refractivity contribution in [2.75, 3.05) is 36.6 Å². The average Bonchev–Trinajstić information content (AvgIpc) is 2.18. The Balaban J connectivity index is 2.17. The van der Waals surface area contributed by atoms with Crippen molar-refractivity contribution >= 4 is 17.1 Å². The molecular weight excluding hydrogens is 190 g/mol. The van der Waals surface area contributed by atoms with E-state index < -0.39 is 0 Å². The standard InChI is InChI=1S/C11H17N3O/c1-11(15-2)6-14(7-11)9-5-3-4-8(12)10(9)13/h3-5H,6-7,12-13H2,1-2H3. The molecule has 0 aliphatic carbocycles. The van der Waals surface area contributed by atoms with E-state index in [4.69, 9.17) is 16.2 Å². The highest BCUT2D eigenvalue weighted by atomic mass is 16.5. The van der Waals surface area contributed by atoms with Crippen molar-refractivity contribution in [1.82, 2.24) is 0 Å². The lowest BCUT2D eigenvalue weighted by molar-refractivity contribution is -0.0167. The molecule has 1 fully saturated rings. The smallest absolute Gasteiger partial charge is 0.0998 e. The van der Waals surface area contributed by atoms with E-state index in [1.165, 1.54) is 0 Å². The van der Waals surface area contributed by atoms with Crippen molar-refractivity contribution in [3.63, 3.8) is 0 Å². The van der Waals surface area contributed by atoms with Gasteiger partial charge in [-0.25, -0.2) is 0 Å². The normalized spacial score (nSPS) is 18.7. The summed E-state index contributed by atoms with van der Waals surface area (Å²) in [4.78, 5) is 2.18. The molecule has 1 aromatic carbocycles. The SMILES string of the molecule is COC1(C)CN(c2cccc(N)c2N)C1. The number of anilines is 3. The first kappa shape index (κ1) is 10.1. The van der Waals surface area contributed by atoms with Gasteiger partial charge < -0.3 is 21.1 Å². The van der Waals surface area contributed by atoms with Crippen LogP contribution in [0.5, 0.6) is 0 Å². The summed E-state index contributed by atoms with van der Waals surface area (Å²) < 4.78 is 5.38. The molecule has 2 rings (SSSR count). The molecule has 1 saturated heterocycles. The van der Waals surface area contributed by atoms with Crippen molar-refractivity contribution in [1.29, 1.82) is 0 Å². The van der Waals surface area contributed by atoms with Crippen LogP contribution < -0.4 is 16.4 Å². The zero-order valence-electron chi connectivity index (χ0n) is 9.16. The van der Waals surface area contributed by atoms with Crippen LogP contribution in [0.4, 0.5) is 17.1 Å². The summed E-state index contributed by atoms with van der Waals surface area (Å²) in [5, 5.41) is 0. The van der Waals surface area contributed by atoms with Crippen molar-refractivity contribution in [3.05, 3.63) is 18.2 Å². The zero-order chi connectivity index (χ0) is 11.1. The van der Waals surface area contributed by atoms with E-state index in [0.29, 0.717) is 11.4 Å². The maximum absolute atomic E-state index is 5.92. The van der Waals surface area contributed by atoms with Crippen molar-refractivity contribution in [2.45, 2.75) is 12.5 Å². The number of hydrogen-bond acceptors (Lipinski definition) is 4. The molecule has 1 heterocycles. The number of ether oxygens (including phenoxy) is 1. The van der Waals surface area contributed by atoms with Gasteiger partial charge in [-0.2, -0.15) is 0 Å². The third kappa shape index (κ3) is 1.61. The molecule has 0 bridgehead atoms. The quantitative estimate of drug-likeness (QED) is 0.712. The average molecular weight is 207 g/mol. The first-order valence-electron chi connectivity index (χ1n) is 5.00. The lowest BCUT2D eigenvalue weighted by Gasteiger charge is -2.48. The van der Waals surface area contributed by atoms with Gasteiger partial charge in [-0.3, -0.25) is 0 Å². The van der Waals surface area contributed by atoms with Gasteiger partial charge in [0.2, 0.25) is 0 Å². The van der Waals surface area contributed by atoms with Crippen LogP contribution >= 0.6 is 0 Å². The highest BCUT2D eigenvalue weighted by Gasteiger charge is 2.39. The van der Waals surface area contributed by atoms with E-state index in [1.807, 2.05) is 18.2 Å². The summed E-state index contributed by atoms with van der Waals surface area (Å²) in [5.74, 6) is 0. The predicted octanol–water partition coefficient (Wildman–Crippen LogP) is 1.08. The highest BCUT2D eigenvalue weighted by molar-refractivity contribution is 5.80. The van der Waals surface area contributed by atoms with Gasteiger partial charge in [0.25, 0.3) is 0 Å². The molecular formula is C11H17N3O. The maximum Gasteiger partial charge on any atom is 0.0998 e. The fourth-order valence-corrected chi connectivity index (χ4v) is 1.91. The van der Waals surface area contributed by atoms with E-state index >= 15 is 0 Å². The molecule has 0 unspecified atom stereocenters. The third-order valence-electron chi connectivity index (χ3n) is 3.00. The molecule has 1 aliphatic heterocycles. The molecule has 1 aromatic rings. The predicted molar refractivity (Wildman–Crippen MR) is 62.9 cm³/mol. The second-order valence-corrected chi connectivity index (χ2v) is 4.29. The van der Waals surface area contributed by atoms with Gasteiger partial charge >= 0.3 is 0 Å². The number of nitrogen functional groups attached to an aromatic ring is 2. The number of para-hydroxylation sites is 1. The van der Waals surface area contributed by atoms with Crippen LogP contribution in [0.1, 0.15) is 6.92 Å². The van der Waals surface area contributed by atoms with E-state index in [0.717, 1.165) is 18.8 Å². The molecule has 0 spiro atoms. The van der Waals surface area contributed by atoms with Gasteiger partial charge in [0.05, 0.1) is 22.7 Å². The van der Waals surface area contributed by atoms with Crippen LogP contribution in [0.2, 0.25) is 0 Å². The largest absolute Gasteiger partial charge is 0.397 e. The summed E-state index contributed by atoms with van der Waals surface area (Å²) in [5.41, 5.74) is 13.9. The second-order valence-electron chi connectivity index (χ2n) is 4.29. The zero-order valence-corrected chi connectivity index (χ0v) is 9.16. The maximum atomic E-state index is 5.92. The van der Waals surface area contributed by atoms with Gasteiger partial charge in [-0.15, -0.1) is 0 Å². The Kier molecular flexibility index (Phi) is 2.23. The molecule has 15 heavy (non-hydrogen) atoms. The monoisotopic (exact) mass is 207 g/mol. The van der Waals surface area contributed by atoms with Crippen LogP contribution in [0.15, 0.2) is 18.2 Å². The molecule has 0 amide bonds. The van der Waals surface area contributed by atoms with Crippen LogP contribution in [-0.4, -0.2) is 25.8 Å². The molecule has 4 N–H and O–H groups in total. The molecule has 82 valence electrons. The Hall–Kier alpha value is -1.42. The van der Waals surface area contributed by atoms with Crippen LogP contribution in [-0.2, 0) is 4.74 Å². The Morgan fingerprint density at radius 1 is 1.33 bits per heavy atom. The molecule has 4 heteroatoms. The number of methoxy groups -OCH3 is 1. The Morgan fingerprint density at radius 3 is 2.60 bits per heavy atom. The summed E-state index contributed by atoms with van der Waals surface area (Å²) in [6.45, 7) is 3.81. The van der Waals surface area contributed by atoms with E-state index in [9.17, 15) is 0 Å². The second kappa shape index (κ2) is 3.31. The molecule has 0 aromatic heterocycles. The molecule has 4 nitrogen and oxygen atoms in total. The summed E-state index contributed by atoms with van der Waals surface area (Å²) in [6, 6.07) is 5.72. The lowest BCUT2D eigenvalue weighted by Crippen LogP contribution is -2.61. The first-order valence-corrected chi connectivity index (χ1v) is 5.00. The minimum absolute atomic E-state index is 0.0446. The summed E-state index contributed by atoms with van der Waals surface area (Å²) >= 11 is 0. The van der Waals surface area contributed by atoms with Crippen LogP contribution in [0.25, 0.3) is 0 Å². The number of nitrogens with two attached hydrogens (primary N) is 2. The van der Waals surface area contributed by atoms with E-state index in [2.05, 4.69) is 11.8 Å². The molecule has 0 radical (unpaired) electrons. The minimum Gasteiger partial charge on any atom is -0.397 e. The lowest BCUT2D eigenvalue weighted by atomic mass is 9.95. The fourth-order valence-electron chi connectivity index (χ4n) is 1.91. The summed E-state index contributed by atoms with van der Waals surface area (Å²) in [7, 11) is 1.74. The van der Waals surface area contributed by atoms with Gasteiger partial charge in [-0.1, -0.05) is 6.07 Å². The number of hydrogen-bond donors (Lipinski definition) is 2. The molecule has 0 saturated carbocycles. The number of rotatable bonds is 2. The van der Waals surface area contributed by atoms with Crippen molar-refractivity contribution in [2.24, 2.45) is 0 Å². The summed E-state index contributed by atoms with van der Waals surface area (Å²) in [6.07, 6.45) is 0. The highest BCUT2D eigenvalue weighted by Crippen LogP contribution is 2.35. The minimum atomic E-state index is -0.0446. The number of benzene rings is 1. The topological polar surface area (TPSA) is 64.5 Å². The molecule has 0 atom stereocenters. The van der Waals surface area contributed by atoms with Crippen molar-refractivity contribution in [3.8, 4) is 0 Å². The Labute approximate surface area is 89.8 Å². The number of nitrogens with zero attached hydrogens (tertiary/aromatic N) is 1. The van der Waals surface area contributed by atoms with Gasteiger partial charge in [0.15, 0.2) is 0 Å². The van der Waals surface area contributed by atoms with E-state index in [1.54, 1.807) is 7.11 Å². The molecule has 1 aliphatic rings. The third-order valence-corrected chi connectivity index (χ3v) is 3.00. The van der Waals surface area contributed by atoms with Gasteiger partial charge in [0.1, 0.15) is 0 Å². The van der Waals surface area contributed by atoms with Gasteiger partial charge in [-0.05, 0) is 19.1 Å². The Bertz CT molecular complexity index is 372. The van der Waals surface area contributed by atoms with Crippen LogP contribution in [0, 0.1) is 0 Å². The fraction of sp³-hybridized carbons (Fsp3) is 0.455. The Morgan fingerprint density at radius 2 is 2.00 bits per heavy atom. The van der Waals surface area contributed by atoms with Gasteiger partial charge in [0, 0.05) is 20.2 Å². The van der Waals surface area contributed by atoms with E-state index in [-0.39, 0.29) is 5.60 Å². The first-order chi connectivity index (χ1) is 7.06.